The third kappa shape index (κ3) is 2.92. The van der Waals surface area contributed by atoms with Crippen molar-refractivity contribution in [2.24, 2.45) is 5.92 Å². The SMILES string of the molecule is C=C1C(=O)OC2C=C(C)C3(O)CC(=O)C(C)(O3)C(O)C(OC(=O)C(C)=CC)C12. The number of allylic oxidation sites excluding steroid dienone is 1. The Balaban J connectivity index is 2.15. The van der Waals surface area contributed by atoms with E-state index in [0.717, 1.165) is 0 Å². The summed E-state index contributed by atoms with van der Waals surface area (Å²) >= 11 is 0. The van der Waals surface area contributed by atoms with Gasteiger partial charge in [0.15, 0.2) is 17.2 Å². The summed E-state index contributed by atoms with van der Waals surface area (Å²) in [6, 6.07) is 0. The van der Waals surface area contributed by atoms with Crippen LogP contribution in [0.25, 0.3) is 0 Å². The van der Waals surface area contributed by atoms with Gasteiger partial charge >= 0.3 is 11.9 Å². The van der Waals surface area contributed by atoms with Gasteiger partial charge in [-0.3, -0.25) is 4.79 Å². The van der Waals surface area contributed by atoms with Gasteiger partial charge in [-0.25, -0.2) is 9.59 Å². The Bertz CT molecular complexity index is 824. The summed E-state index contributed by atoms with van der Waals surface area (Å²) in [5.41, 5.74) is -1.30. The van der Waals surface area contributed by atoms with Gasteiger partial charge in [0.2, 0.25) is 0 Å². The van der Waals surface area contributed by atoms with Crippen molar-refractivity contribution >= 4 is 17.7 Å². The summed E-state index contributed by atoms with van der Waals surface area (Å²) in [6.45, 7) is 9.77. The molecule has 0 radical (unpaired) electrons. The lowest BCUT2D eigenvalue weighted by atomic mass is 9.79. The van der Waals surface area contributed by atoms with Crippen molar-refractivity contribution in [1.29, 1.82) is 0 Å². The Morgan fingerprint density at radius 2 is 2.07 bits per heavy atom. The molecule has 0 spiro atoms. The molecule has 3 aliphatic heterocycles. The van der Waals surface area contributed by atoms with E-state index in [1.807, 2.05) is 0 Å². The van der Waals surface area contributed by atoms with E-state index in [1.165, 1.54) is 32.9 Å². The highest BCUT2D eigenvalue weighted by Gasteiger charge is 2.62. The maximum absolute atomic E-state index is 12.7. The van der Waals surface area contributed by atoms with Crippen LogP contribution in [-0.4, -0.2) is 57.6 Å². The highest BCUT2D eigenvalue weighted by atomic mass is 16.7. The molecule has 0 aromatic heterocycles. The van der Waals surface area contributed by atoms with Gasteiger partial charge in [0.25, 0.3) is 0 Å². The van der Waals surface area contributed by atoms with Gasteiger partial charge in [0, 0.05) is 11.1 Å². The van der Waals surface area contributed by atoms with E-state index < -0.39 is 53.3 Å². The molecule has 8 heteroatoms. The van der Waals surface area contributed by atoms with E-state index in [0.29, 0.717) is 0 Å². The Morgan fingerprint density at radius 3 is 2.68 bits per heavy atom. The Hall–Kier alpha value is -2.29. The molecule has 28 heavy (non-hydrogen) atoms. The predicted molar refractivity (Wildman–Crippen MR) is 95.6 cm³/mol. The molecule has 2 N–H and O–H groups in total. The lowest BCUT2D eigenvalue weighted by Crippen LogP contribution is -2.56. The molecule has 0 aliphatic carbocycles. The van der Waals surface area contributed by atoms with Gasteiger partial charge in [-0.15, -0.1) is 0 Å². The second kappa shape index (κ2) is 6.65. The van der Waals surface area contributed by atoms with Crippen molar-refractivity contribution < 1.29 is 38.8 Å². The number of rotatable bonds is 2. The van der Waals surface area contributed by atoms with Crippen LogP contribution in [-0.2, 0) is 28.6 Å². The average Bonchev–Trinajstić information content (AvgIpc) is 3.05. The molecule has 8 nitrogen and oxygen atoms in total. The van der Waals surface area contributed by atoms with Crippen LogP contribution >= 0.6 is 0 Å². The van der Waals surface area contributed by atoms with Crippen LogP contribution in [0.5, 0.6) is 0 Å². The summed E-state index contributed by atoms with van der Waals surface area (Å²) in [5, 5.41) is 21.9. The Kier molecular flexibility index (Phi) is 4.85. The molecule has 6 atom stereocenters. The van der Waals surface area contributed by atoms with Crippen LogP contribution in [0.3, 0.4) is 0 Å². The van der Waals surface area contributed by atoms with E-state index in [4.69, 9.17) is 14.2 Å². The van der Waals surface area contributed by atoms with Crippen LogP contribution in [0.15, 0.2) is 35.5 Å². The third-order valence-corrected chi connectivity index (χ3v) is 5.85. The quantitative estimate of drug-likeness (QED) is 0.401. The number of aliphatic hydroxyl groups is 2. The molecule has 2 bridgehead atoms. The molecule has 0 amide bonds. The smallest absolute Gasteiger partial charge is 0.334 e. The summed E-state index contributed by atoms with van der Waals surface area (Å²) < 4.78 is 16.5. The number of hydrogen-bond acceptors (Lipinski definition) is 8. The topological polar surface area (TPSA) is 119 Å². The number of carbonyl (C=O) groups is 3. The maximum atomic E-state index is 12.7. The highest BCUT2D eigenvalue weighted by molar-refractivity contribution is 5.93. The third-order valence-electron chi connectivity index (χ3n) is 5.85. The number of hydrogen-bond donors (Lipinski definition) is 2. The zero-order chi connectivity index (χ0) is 21.0. The standard InChI is InChI=1S/C20H24O8/c1-6-9(2)17(23)27-15-14-11(4)18(24)26-12(14)7-10(3)20(25)8-13(21)19(5,28-20)16(15)22/h6-7,12,14-16,22,25H,4,8H2,1-3,5H3. The predicted octanol–water partition coefficient (Wildman–Crippen LogP) is 0.720. The monoisotopic (exact) mass is 392 g/mol. The first-order valence-electron chi connectivity index (χ1n) is 9.01. The first-order valence-corrected chi connectivity index (χ1v) is 9.01. The highest BCUT2D eigenvalue weighted by Crippen LogP contribution is 2.46. The number of ketones is 1. The molecular weight excluding hydrogens is 368 g/mol. The average molecular weight is 392 g/mol. The minimum absolute atomic E-state index is 0.00448. The molecule has 2 fully saturated rings. The number of Topliss-reactive ketones (excluding diaryl/α,β-unsaturated/α-hetero) is 1. The Labute approximate surface area is 162 Å². The van der Waals surface area contributed by atoms with E-state index in [2.05, 4.69) is 6.58 Å². The normalized spacial score (nSPS) is 40.9. The molecule has 0 aromatic carbocycles. The van der Waals surface area contributed by atoms with E-state index in [-0.39, 0.29) is 23.1 Å². The lowest BCUT2D eigenvalue weighted by molar-refractivity contribution is -0.233. The molecule has 0 aromatic rings. The van der Waals surface area contributed by atoms with Crippen LogP contribution in [0, 0.1) is 5.92 Å². The van der Waals surface area contributed by atoms with Crippen molar-refractivity contribution in [2.75, 3.05) is 0 Å². The second-order valence-electron chi connectivity index (χ2n) is 7.65. The van der Waals surface area contributed by atoms with Gasteiger partial charge in [0.1, 0.15) is 18.3 Å². The number of ether oxygens (including phenoxy) is 3. The zero-order valence-corrected chi connectivity index (χ0v) is 16.2. The summed E-state index contributed by atoms with van der Waals surface area (Å²) in [5.74, 6) is -4.86. The fourth-order valence-electron chi connectivity index (χ4n) is 3.77. The molecule has 2 saturated heterocycles. The number of fused-ring (bicyclic) bond motifs is 3. The van der Waals surface area contributed by atoms with Gasteiger partial charge in [-0.1, -0.05) is 12.7 Å². The number of carbonyl (C=O) groups excluding carboxylic acids is 3. The molecule has 0 saturated carbocycles. The van der Waals surface area contributed by atoms with Crippen LogP contribution in [0.2, 0.25) is 0 Å². The minimum Gasteiger partial charge on any atom is -0.455 e. The van der Waals surface area contributed by atoms with Crippen molar-refractivity contribution in [3.05, 3.63) is 35.5 Å². The molecule has 152 valence electrons. The molecule has 3 heterocycles. The number of esters is 2. The van der Waals surface area contributed by atoms with Crippen LogP contribution in [0.1, 0.15) is 34.1 Å². The summed E-state index contributed by atoms with van der Waals surface area (Å²) in [6.07, 6.45) is -1.37. The lowest BCUT2D eigenvalue weighted by Gasteiger charge is -2.37. The van der Waals surface area contributed by atoms with Crippen LogP contribution in [0.4, 0.5) is 0 Å². The van der Waals surface area contributed by atoms with Gasteiger partial charge in [0.05, 0.1) is 12.3 Å². The Morgan fingerprint density at radius 1 is 1.43 bits per heavy atom. The molecule has 3 aliphatic rings. The fraction of sp³-hybridized carbons (Fsp3) is 0.550. The summed E-state index contributed by atoms with van der Waals surface area (Å²) in [7, 11) is 0. The van der Waals surface area contributed by atoms with Crippen molar-refractivity contribution in [2.45, 2.75) is 63.8 Å². The fourth-order valence-corrected chi connectivity index (χ4v) is 3.77. The largest absolute Gasteiger partial charge is 0.455 e. The van der Waals surface area contributed by atoms with Crippen molar-refractivity contribution in [1.82, 2.24) is 0 Å². The molecular formula is C20H24O8. The first kappa shape index (κ1) is 20.4. The van der Waals surface area contributed by atoms with Crippen molar-refractivity contribution in [3.63, 3.8) is 0 Å². The van der Waals surface area contributed by atoms with Gasteiger partial charge in [-0.2, -0.15) is 0 Å². The van der Waals surface area contributed by atoms with E-state index in [9.17, 15) is 24.6 Å². The van der Waals surface area contributed by atoms with Gasteiger partial charge < -0.3 is 24.4 Å². The van der Waals surface area contributed by atoms with E-state index >= 15 is 0 Å². The van der Waals surface area contributed by atoms with Crippen LogP contribution < -0.4 is 0 Å². The number of aliphatic hydroxyl groups excluding tert-OH is 1. The maximum Gasteiger partial charge on any atom is 0.334 e. The first-order chi connectivity index (χ1) is 12.9. The zero-order valence-electron chi connectivity index (χ0n) is 16.2. The summed E-state index contributed by atoms with van der Waals surface area (Å²) in [4.78, 5) is 37.2. The minimum atomic E-state index is -1.95. The molecule has 6 unspecified atom stereocenters. The second-order valence-corrected chi connectivity index (χ2v) is 7.65. The van der Waals surface area contributed by atoms with Crippen molar-refractivity contribution in [3.8, 4) is 0 Å². The molecule has 3 rings (SSSR count). The van der Waals surface area contributed by atoms with Gasteiger partial charge in [-0.05, 0) is 39.3 Å². The van der Waals surface area contributed by atoms with E-state index in [1.54, 1.807) is 6.92 Å².